The third kappa shape index (κ3) is 5.91. The van der Waals surface area contributed by atoms with E-state index in [9.17, 15) is 14.4 Å². The highest BCUT2D eigenvalue weighted by Gasteiger charge is 2.15. The molecule has 2 aromatic rings. The minimum Gasteiger partial charge on any atom is -0.456 e. The fraction of sp³-hybridized carbons (Fsp3) is 0.263. The van der Waals surface area contributed by atoms with Gasteiger partial charge in [0.1, 0.15) is 6.07 Å². The fourth-order valence-electron chi connectivity index (χ4n) is 2.36. The van der Waals surface area contributed by atoms with Gasteiger partial charge in [-0.2, -0.15) is 5.26 Å². The number of Topliss-reactive ketones (excluding diaryl/α,β-unsaturated/α-hetero) is 1. The summed E-state index contributed by atoms with van der Waals surface area (Å²) in [5.41, 5.74) is 1.31. The van der Waals surface area contributed by atoms with Crippen molar-refractivity contribution in [2.24, 2.45) is 0 Å². The first-order valence-electron chi connectivity index (χ1n) is 8.05. The van der Waals surface area contributed by atoms with Crippen LogP contribution in [-0.4, -0.2) is 24.3 Å². The first-order chi connectivity index (χ1) is 12.8. The van der Waals surface area contributed by atoms with Crippen molar-refractivity contribution in [2.75, 3.05) is 11.9 Å². The number of anilines is 1. The van der Waals surface area contributed by atoms with Gasteiger partial charge in [-0.05, 0) is 38.1 Å². The van der Waals surface area contributed by atoms with E-state index in [0.717, 1.165) is 9.75 Å². The highest BCUT2D eigenvalue weighted by atomic mass is 35.5. The Morgan fingerprint density at radius 2 is 1.96 bits per heavy atom. The van der Waals surface area contributed by atoms with E-state index >= 15 is 0 Å². The van der Waals surface area contributed by atoms with Gasteiger partial charge in [0.15, 0.2) is 12.4 Å². The second kappa shape index (κ2) is 9.31. The molecule has 1 amide bonds. The van der Waals surface area contributed by atoms with Crippen LogP contribution in [0, 0.1) is 25.2 Å². The second-order valence-electron chi connectivity index (χ2n) is 5.77. The molecule has 140 valence electrons. The molecule has 27 heavy (non-hydrogen) atoms. The number of nitrogens with zero attached hydrogens (tertiary/aromatic N) is 1. The maximum Gasteiger partial charge on any atom is 0.306 e. The number of amides is 1. The van der Waals surface area contributed by atoms with E-state index in [1.54, 1.807) is 0 Å². The summed E-state index contributed by atoms with van der Waals surface area (Å²) in [7, 11) is 0. The first-order valence-corrected chi connectivity index (χ1v) is 9.25. The Balaban J connectivity index is 1.77. The number of carbonyl (C=O) groups is 3. The van der Waals surface area contributed by atoms with Gasteiger partial charge < -0.3 is 10.1 Å². The molecule has 6 nitrogen and oxygen atoms in total. The molecule has 0 saturated carbocycles. The average molecular weight is 405 g/mol. The molecule has 0 aliphatic heterocycles. The van der Waals surface area contributed by atoms with Crippen molar-refractivity contribution in [1.29, 1.82) is 5.26 Å². The van der Waals surface area contributed by atoms with Gasteiger partial charge in [0.05, 0.1) is 17.0 Å². The molecule has 1 aromatic carbocycles. The van der Waals surface area contributed by atoms with Gasteiger partial charge >= 0.3 is 5.97 Å². The maximum absolute atomic E-state index is 12.1. The van der Waals surface area contributed by atoms with Crippen LogP contribution in [0.3, 0.4) is 0 Å². The number of carbonyl (C=O) groups excluding carboxylic acids is 3. The lowest BCUT2D eigenvalue weighted by Crippen LogP contribution is -2.21. The Bertz CT molecular complexity index is 930. The van der Waals surface area contributed by atoms with E-state index in [-0.39, 0.29) is 23.6 Å². The number of benzene rings is 1. The average Bonchev–Trinajstić information content (AvgIpc) is 2.96. The first kappa shape index (κ1) is 20.6. The number of aryl methyl sites for hydroxylation is 2. The summed E-state index contributed by atoms with van der Waals surface area (Å²) in [6, 6.07) is 8.16. The van der Waals surface area contributed by atoms with Crippen LogP contribution >= 0.6 is 22.9 Å². The summed E-state index contributed by atoms with van der Waals surface area (Å²) in [5, 5.41) is 11.5. The van der Waals surface area contributed by atoms with Crippen LogP contribution in [0.15, 0.2) is 24.3 Å². The molecule has 0 aliphatic rings. The van der Waals surface area contributed by atoms with E-state index in [0.29, 0.717) is 16.8 Å². The third-order valence-corrected chi connectivity index (χ3v) is 4.91. The largest absolute Gasteiger partial charge is 0.456 e. The maximum atomic E-state index is 12.1. The number of ether oxygens (including phenoxy) is 1. The molecule has 0 aliphatic carbocycles. The Labute approximate surface area is 165 Å². The van der Waals surface area contributed by atoms with Crippen LogP contribution < -0.4 is 5.32 Å². The second-order valence-corrected chi connectivity index (χ2v) is 7.63. The minimum absolute atomic E-state index is 0.0305. The molecule has 2 rings (SSSR count). The zero-order valence-corrected chi connectivity index (χ0v) is 16.4. The molecule has 0 saturated heterocycles. The van der Waals surface area contributed by atoms with Gasteiger partial charge in [0, 0.05) is 27.4 Å². The summed E-state index contributed by atoms with van der Waals surface area (Å²) in [5.74, 6) is -1.29. The fourth-order valence-corrected chi connectivity index (χ4v) is 3.52. The molecule has 0 radical (unpaired) electrons. The normalized spacial score (nSPS) is 10.1. The number of esters is 1. The van der Waals surface area contributed by atoms with Gasteiger partial charge in [-0.25, -0.2) is 0 Å². The number of nitriles is 1. The summed E-state index contributed by atoms with van der Waals surface area (Å²) in [6.45, 7) is 3.31. The van der Waals surface area contributed by atoms with Crippen molar-refractivity contribution < 1.29 is 19.1 Å². The Morgan fingerprint density at radius 1 is 1.22 bits per heavy atom. The van der Waals surface area contributed by atoms with Gasteiger partial charge in [-0.3, -0.25) is 14.4 Å². The molecule has 1 aromatic heterocycles. The zero-order chi connectivity index (χ0) is 20.0. The molecular weight excluding hydrogens is 388 g/mol. The van der Waals surface area contributed by atoms with Crippen molar-refractivity contribution in [1.82, 2.24) is 0 Å². The van der Waals surface area contributed by atoms with Crippen molar-refractivity contribution in [3.05, 3.63) is 50.2 Å². The third-order valence-electron chi connectivity index (χ3n) is 3.64. The molecule has 0 unspecified atom stereocenters. The van der Waals surface area contributed by atoms with Gasteiger partial charge in [-0.15, -0.1) is 11.3 Å². The number of ketones is 1. The smallest absolute Gasteiger partial charge is 0.306 e. The van der Waals surface area contributed by atoms with Crippen LogP contribution in [0.2, 0.25) is 5.02 Å². The number of hydrogen-bond donors (Lipinski definition) is 1. The predicted molar refractivity (Wildman–Crippen MR) is 103 cm³/mol. The van der Waals surface area contributed by atoms with Gasteiger partial charge in [-0.1, -0.05) is 11.6 Å². The molecule has 0 fully saturated rings. The lowest BCUT2D eigenvalue weighted by atomic mass is 10.1. The molecule has 0 atom stereocenters. The summed E-state index contributed by atoms with van der Waals surface area (Å²) >= 11 is 7.42. The monoisotopic (exact) mass is 404 g/mol. The van der Waals surface area contributed by atoms with E-state index in [1.165, 1.54) is 29.5 Å². The molecule has 0 spiro atoms. The van der Waals surface area contributed by atoms with Crippen molar-refractivity contribution in [2.45, 2.75) is 26.7 Å². The molecule has 1 N–H and O–H groups in total. The highest BCUT2D eigenvalue weighted by molar-refractivity contribution is 7.12. The summed E-state index contributed by atoms with van der Waals surface area (Å²) < 4.78 is 4.89. The van der Waals surface area contributed by atoms with Crippen molar-refractivity contribution in [3.8, 4) is 6.07 Å². The Hall–Kier alpha value is -2.69. The highest BCUT2D eigenvalue weighted by Crippen LogP contribution is 2.22. The number of rotatable bonds is 7. The van der Waals surface area contributed by atoms with Crippen molar-refractivity contribution in [3.63, 3.8) is 0 Å². The van der Waals surface area contributed by atoms with E-state index in [2.05, 4.69) is 5.32 Å². The van der Waals surface area contributed by atoms with E-state index in [4.69, 9.17) is 21.6 Å². The SMILES string of the molecule is Cc1cc(C(=O)CCC(=O)OCC(=O)Nc2ccc(C#N)c(Cl)c2)c(C)s1. The standard InChI is InChI=1S/C19H17ClN2O4S/c1-11-7-15(12(2)27-11)17(23)5-6-19(25)26-10-18(24)22-14-4-3-13(9-21)16(20)8-14/h3-4,7-8H,5-6,10H2,1-2H3,(H,22,24). The van der Waals surface area contributed by atoms with Crippen LogP contribution in [0.5, 0.6) is 0 Å². The van der Waals surface area contributed by atoms with Crippen LogP contribution in [0.1, 0.15) is 38.5 Å². The molecular formula is C19H17ClN2O4S. The quantitative estimate of drug-likeness (QED) is 0.555. The lowest BCUT2D eigenvalue weighted by Gasteiger charge is -2.07. The van der Waals surface area contributed by atoms with Gasteiger partial charge in [0.2, 0.25) is 0 Å². The number of thiophene rings is 1. The predicted octanol–water partition coefficient (Wildman–Crippen LogP) is 4.03. The number of hydrogen-bond acceptors (Lipinski definition) is 6. The van der Waals surface area contributed by atoms with Gasteiger partial charge in [0.25, 0.3) is 5.91 Å². The number of nitrogens with one attached hydrogen (secondary N) is 1. The summed E-state index contributed by atoms with van der Waals surface area (Å²) in [6.07, 6.45) is -0.0637. The van der Waals surface area contributed by atoms with E-state index < -0.39 is 18.5 Å². The Morgan fingerprint density at radius 3 is 2.56 bits per heavy atom. The van der Waals surface area contributed by atoms with Crippen LogP contribution in [0.4, 0.5) is 5.69 Å². The topological polar surface area (TPSA) is 96.3 Å². The summed E-state index contributed by atoms with van der Waals surface area (Å²) in [4.78, 5) is 37.7. The Kier molecular flexibility index (Phi) is 7.11. The lowest BCUT2D eigenvalue weighted by molar-refractivity contribution is -0.147. The number of halogens is 1. The van der Waals surface area contributed by atoms with E-state index in [1.807, 2.05) is 26.0 Å². The minimum atomic E-state index is -0.624. The zero-order valence-electron chi connectivity index (χ0n) is 14.8. The molecule has 1 heterocycles. The van der Waals surface area contributed by atoms with Crippen LogP contribution in [0.25, 0.3) is 0 Å². The molecule has 8 heteroatoms. The van der Waals surface area contributed by atoms with Crippen LogP contribution in [-0.2, 0) is 14.3 Å². The molecule has 0 bridgehead atoms. The van der Waals surface area contributed by atoms with Crippen molar-refractivity contribution >= 4 is 46.3 Å².